The average Bonchev–Trinajstić information content (AvgIpc) is 2.60. The van der Waals surface area contributed by atoms with Gasteiger partial charge in [0.15, 0.2) is 6.10 Å². The number of halogens is 1. The van der Waals surface area contributed by atoms with Gasteiger partial charge in [-0.25, -0.2) is 4.79 Å². The van der Waals surface area contributed by atoms with E-state index in [1.807, 2.05) is 6.92 Å². The lowest BCUT2D eigenvalue weighted by Crippen LogP contribution is -2.32. The highest BCUT2D eigenvalue weighted by molar-refractivity contribution is 6.30. The van der Waals surface area contributed by atoms with Crippen molar-refractivity contribution in [3.63, 3.8) is 0 Å². The third-order valence-corrected chi connectivity index (χ3v) is 3.56. The summed E-state index contributed by atoms with van der Waals surface area (Å²) in [5, 5.41) is 3.34. The molecule has 1 amide bonds. The summed E-state index contributed by atoms with van der Waals surface area (Å²) in [4.78, 5) is 23.9. The fraction of sp³-hybridized carbons (Fsp3) is 0.222. The second kappa shape index (κ2) is 8.36. The SMILES string of the molecule is CCC(Oc1ccc(Cl)cc1)C(=O)Nc1cccc(C(=O)OC)c1. The third-order valence-electron chi connectivity index (χ3n) is 3.31. The van der Waals surface area contributed by atoms with Crippen molar-refractivity contribution in [1.82, 2.24) is 0 Å². The molecule has 1 atom stereocenters. The Balaban J connectivity index is 2.06. The van der Waals surface area contributed by atoms with Crippen LogP contribution >= 0.6 is 11.6 Å². The van der Waals surface area contributed by atoms with E-state index in [1.165, 1.54) is 7.11 Å². The molecule has 24 heavy (non-hydrogen) atoms. The van der Waals surface area contributed by atoms with Crippen LogP contribution in [0.4, 0.5) is 5.69 Å². The van der Waals surface area contributed by atoms with Gasteiger partial charge in [-0.05, 0) is 48.9 Å². The molecule has 0 radical (unpaired) electrons. The molecule has 0 aliphatic heterocycles. The molecule has 0 saturated carbocycles. The molecule has 0 fully saturated rings. The zero-order valence-electron chi connectivity index (χ0n) is 13.4. The van der Waals surface area contributed by atoms with Crippen LogP contribution in [0.15, 0.2) is 48.5 Å². The Kier molecular flexibility index (Phi) is 6.21. The smallest absolute Gasteiger partial charge is 0.337 e. The van der Waals surface area contributed by atoms with Gasteiger partial charge in [0.1, 0.15) is 5.75 Å². The van der Waals surface area contributed by atoms with E-state index >= 15 is 0 Å². The van der Waals surface area contributed by atoms with Gasteiger partial charge < -0.3 is 14.8 Å². The van der Waals surface area contributed by atoms with Crippen molar-refractivity contribution in [1.29, 1.82) is 0 Å². The summed E-state index contributed by atoms with van der Waals surface area (Å²) in [7, 11) is 1.31. The number of hydrogen-bond acceptors (Lipinski definition) is 4. The molecule has 0 aromatic heterocycles. The highest BCUT2D eigenvalue weighted by Gasteiger charge is 2.19. The van der Waals surface area contributed by atoms with Gasteiger partial charge in [0.25, 0.3) is 5.91 Å². The Hall–Kier alpha value is -2.53. The van der Waals surface area contributed by atoms with Crippen LogP contribution in [0.25, 0.3) is 0 Å². The molecule has 5 nitrogen and oxygen atoms in total. The van der Waals surface area contributed by atoms with Crippen LogP contribution in [0.5, 0.6) is 5.75 Å². The number of carbonyl (C=O) groups is 2. The van der Waals surface area contributed by atoms with Gasteiger partial charge in [-0.2, -0.15) is 0 Å². The van der Waals surface area contributed by atoms with E-state index in [2.05, 4.69) is 10.1 Å². The van der Waals surface area contributed by atoms with Crippen molar-refractivity contribution in [3.8, 4) is 5.75 Å². The molecule has 2 rings (SSSR count). The number of nitrogens with one attached hydrogen (secondary N) is 1. The second-order valence-electron chi connectivity index (χ2n) is 5.03. The number of rotatable bonds is 6. The zero-order chi connectivity index (χ0) is 17.5. The second-order valence-corrected chi connectivity index (χ2v) is 5.47. The van der Waals surface area contributed by atoms with E-state index in [4.69, 9.17) is 16.3 Å². The standard InChI is InChI=1S/C18H18ClNO4/c1-3-16(24-15-9-7-13(19)8-10-15)17(21)20-14-6-4-5-12(11-14)18(22)23-2/h4-11,16H,3H2,1-2H3,(H,20,21). The number of methoxy groups -OCH3 is 1. The molecule has 0 bridgehead atoms. The first-order valence-electron chi connectivity index (χ1n) is 7.45. The first-order valence-corrected chi connectivity index (χ1v) is 7.82. The van der Waals surface area contributed by atoms with Crippen LogP contribution in [0.3, 0.4) is 0 Å². The van der Waals surface area contributed by atoms with E-state index in [-0.39, 0.29) is 5.91 Å². The van der Waals surface area contributed by atoms with Crippen LogP contribution in [0.2, 0.25) is 5.02 Å². The molecule has 0 saturated heterocycles. The van der Waals surface area contributed by atoms with Gasteiger partial charge in [-0.3, -0.25) is 4.79 Å². The first kappa shape index (κ1) is 17.8. The molecule has 0 spiro atoms. The van der Waals surface area contributed by atoms with Crippen molar-refractivity contribution in [2.24, 2.45) is 0 Å². The Morgan fingerprint density at radius 3 is 2.50 bits per heavy atom. The lowest BCUT2D eigenvalue weighted by Gasteiger charge is -2.17. The average molecular weight is 348 g/mol. The van der Waals surface area contributed by atoms with E-state index in [1.54, 1.807) is 48.5 Å². The third kappa shape index (κ3) is 4.73. The van der Waals surface area contributed by atoms with Crippen LogP contribution in [0, 0.1) is 0 Å². The minimum absolute atomic E-state index is 0.297. The van der Waals surface area contributed by atoms with Gasteiger partial charge in [0.05, 0.1) is 12.7 Å². The lowest BCUT2D eigenvalue weighted by atomic mass is 10.2. The zero-order valence-corrected chi connectivity index (χ0v) is 14.2. The largest absolute Gasteiger partial charge is 0.481 e. The molecule has 0 aliphatic carbocycles. The summed E-state index contributed by atoms with van der Waals surface area (Å²) in [5.74, 6) is -0.199. The predicted octanol–water partition coefficient (Wildman–Crippen LogP) is 3.92. The van der Waals surface area contributed by atoms with Crippen LogP contribution < -0.4 is 10.1 Å². The summed E-state index contributed by atoms with van der Waals surface area (Å²) < 4.78 is 10.4. The number of amides is 1. The maximum Gasteiger partial charge on any atom is 0.337 e. The Labute approximate surface area is 145 Å². The van der Waals surface area contributed by atoms with Crippen LogP contribution in [0.1, 0.15) is 23.7 Å². The van der Waals surface area contributed by atoms with Gasteiger partial charge in [-0.15, -0.1) is 0 Å². The van der Waals surface area contributed by atoms with Gasteiger partial charge in [0.2, 0.25) is 0 Å². The van der Waals surface area contributed by atoms with Crippen molar-refractivity contribution in [2.75, 3.05) is 12.4 Å². The lowest BCUT2D eigenvalue weighted by molar-refractivity contribution is -0.122. The summed E-state index contributed by atoms with van der Waals surface area (Å²) >= 11 is 5.83. The molecule has 1 unspecified atom stereocenters. The van der Waals surface area contributed by atoms with E-state index < -0.39 is 12.1 Å². The first-order chi connectivity index (χ1) is 11.5. The highest BCUT2D eigenvalue weighted by atomic mass is 35.5. The fourth-order valence-corrected chi connectivity index (χ4v) is 2.19. The van der Waals surface area contributed by atoms with E-state index in [9.17, 15) is 9.59 Å². The summed E-state index contributed by atoms with van der Waals surface area (Å²) in [6.07, 6.45) is -0.168. The minimum atomic E-state index is -0.659. The molecule has 0 aliphatic rings. The number of benzene rings is 2. The summed E-state index contributed by atoms with van der Waals surface area (Å²) in [6, 6.07) is 13.3. The monoisotopic (exact) mass is 347 g/mol. The maximum absolute atomic E-state index is 12.4. The van der Waals surface area contributed by atoms with E-state index in [0.29, 0.717) is 28.4 Å². The van der Waals surface area contributed by atoms with Gasteiger partial charge in [-0.1, -0.05) is 24.6 Å². The van der Waals surface area contributed by atoms with E-state index in [0.717, 1.165) is 0 Å². The number of hydrogen-bond donors (Lipinski definition) is 1. The molecule has 126 valence electrons. The molecule has 6 heteroatoms. The van der Waals surface area contributed by atoms with Crippen molar-refractivity contribution < 1.29 is 19.1 Å². The Morgan fingerprint density at radius 1 is 1.17 bits per heavy atom. The Bertz CT molecular complexity index is 715. The highest BCUT2D eigenvalue weighted by Crippen LogP contribution is 2.19. The molecule has 1 N–H and O–H groups in total. The number of esters is 1. The van der Waals surface area contributed by atoms with Crippen molar-refractivity contribution in [3.05, 3.63) is 59.1 Å². The predicted molar refractivity (Wildman–Crippen MR) is 92.6 cm³/mol. The number of anilines is 1. The topological polar surface area (TPSA) is 64.6 Å². The number of carbonyl (C=O) groups excluding carboxylic acids is 2. The molecule has 0 heterocycles. The van der Waals surface area contributed by atoms with Crippen molar-refractivity contribution >= 4 is 29.2 Å². The van der Waals surface area contributed by atoms with Gasteiger partial charge in [0, 0.05) is 10.7 Å². The molecule has 2 aromatic rings. The number of ether oxygens (including phenoxy) is 2. The van der Waals surface area contributed by atoms with Gasteiger partial charge >= 0.3 is 5.97 Å². The van der Waals surface area contributed by atoms with Crippen LogP contribution in [-0.4, -0.2) is 25.1 Å². The molecular formula is C18H18ClNO4. The molecule has 2 aromatic carbocycles. The normalized spacial score (nSPS) is 11.5. The van der Waals surface area contributed by atoms with Crippen LogP contribution in [-0.2, 0) is 9.53 Å². The summed E-state index contributed by atoms with van der Waals surface area (Å²) in [5.41, 5.74) is 0.864. The summed E-state index contributed by atoms with van der Waals surface area (Å²) in [6.45, 7) is 1.85. The minimum Gasteiger partial charge on any atom is -0.481 e. The van der Waals surface area contributed by atoms with Crippen molar-refractivity contribution in [2.45, 2.75) is 19.4 Å². The Morgan fingerprint density at radius 2 is 1.88 bits per heavy atom. The fourth-order valence-electron chi connectivity index (χ4n) is 2.06. The molecular weight excluding hydrogens is 330 g/mol. The maximum atomic E-state index is 12.4. The quantitative estimate of drug-likeness (QED) is 0.804.